The molecule has 144 valence electrons. The summed E-state index contributed by atoms with van der Waals surface area (Å²) >= 11 is 1.54. The maximum Gasteiger partial charge on any atom is 0.251 e. The second kappa shape index (κ2) is 7.89. The molecule has 1 amide bonds. The zero-order chi connectivity index (χ0) is 18.8. The summed E-state index contributed by atoms with van der Waals surface area (Å²) < 4.78 is 11.2. The Morgan fingerprint density at radius 1 is 1.33 bits per heavy atom. The summed E-state index contributed by atoms with van der Waals surface area (Å²) in [6.07, 6.45) is 5.32. The number of aromatic nitrogens is 1. The van der Waals surface area contributed by atoms with Crippen LogP contribution in [-0.4, -0.2) is 24.0 Å². The van der Waals surface area contributed by atoms with E-state index >= 15 is 0 Å². The molecule has 2 saturated carbocycles. The topological polar surface area (TPSA) is 60.5 Å². The molecule has 0 aliphatic heterocycles. The first-order valence-electron chi connectivity index (χ1n) is 9.62. The fraction of sp³-hybridized carbons (Fsp3) is 0.524. The molecular weight excluding hydrogens is 360 g/mol. The first-order valence-corrected chi connectivity index (χ1v) is 10.6. The van der Waals surface area contributed by atoms with Crippen LogP contribution < -0.4 is 14.8 Å². The number of benzene rings is 1. The number of hydrogen-bond donors (Lipinski definition) is 1. The molecule has 4 rings (SSSR count). The fourth-order valence-electron chi connectivity index (χ4n) is 4.69. The molecule has 4 unspecified atom stereocenters. The van der Waals surface area contributed by atoms with Gasteiger partial charge in [0.15, 0.2) is 11.5 Å². The Labute approximate surface area is 164 Å². The van der Waals surface area contributed by atoms with Crippen molar-refractivity contribution < 1.29 is 14.3 Å². The minimum atomic E-state index is -0.0466. The minimum Gasteiger partial charge on any atom is -0.493 e. The van der Waals surface area contributed by atoms with E-state index in [4.69, 9.17) is 9.47 Å². The van der Waals surface area contributed by atoms with E-state index in [-0.39, 0.29) is 11.9 Å². The van der Waals surface area contributed by atoms with E-state index in [0.29, 0.717) is 29.6 Å². The molecule has 1 heterocycles. The van der Waals surface area contributed by atoms with Crippen LogP contribution in [0.3, 0.4) is 0 Å². The molecule has 6 heteroatoms. The molecule has 2 bridgehead atoms. The Balaban J connectivity index is 1.39. The third-order valence-electron chi connectivity index (χ3n) is 6.08. The van der Waals surface area contributed by atoms with Gasteiger partial charge in [0.05, 0.1) is 18.3 Å². The zero-order valence-corrected chi connectivity index (χ0v) is 16.6. The van der Waals surface area contributed by atoms with Crippen LogP contribution in [0.25, 0.3) is 0 Å². The van der Waals surface area contributed by atoms with Gasteiger partial charge in [-0.3, -0.25) is 4.79 Å². The van der Waals surface area contributed by atoms with E-state index in [1.807, 2.05) is 5.38 Å². The normalized spacial score (nSPS) is 24.6. The average molecular weight is 387 g/mol. The molecule has 2 aliphatic carbocycles. The number of carbonyl (C=O) groups is 1. The molecule has 2 aromatic rings. The largest absolute Gasteiger partial charge is 0.493 e. The van der Waals surface area contributed by atoms with Gasteiger partial charge in [-0.1, -0.05) is 6.42 Å². The number of rotatable bonds is 7. The summed E-state index contributed by atoms with van der Waals surface area (Å²) in [5.74, 6) is 3.42. The smallest absolute Gasteiger partial charge is 0.251 e. The maximum absolute atomic E-state index is 12.7. The van der Waals surface area contributed by atoms with Gasteiger partial charge in [0, 0.05) is 17.0 Å². The van der Waals surface area contributed by atoms with Crippen LogP contribution in [-0.2, 0) is 6.61 Å². The number of amides is 1. The van der Waals surface area contributed by atoms with Gasteiger partial charge in [0.1, 0.15) is 6.61 Å². The van der Waals surface area contributed by atoms with E-state index in [2.05, 4.69) is 17.2 Å². The first kappa shape index (κ1) is 18.3. The highest BCUT2D eigenvalue weighted by Crippen LogP contribution is 2.49. The SMILES string of the molecule is COc1cc(C(=O)NC(C)C2CC3CCC2C3)ccc1OCc1cscn1. The summed E-state index contributed by atoms with van der Waals surface area (Å²) in [6.45, 7) is 2.53. The molecule has 1 N–H and O–H groups in total. The molecule has 0 radical (unpaired) electrons. The zero-order valence-electron chi connectivity index (χ0n) is 15.8. The number of hydrogen-bond acceptors (Lipinski definition) is 5. The highest BCUT2D eigenvalue weighted by Gasteiger charge is 2.42. The number of nitrogens with zero attached hydrogens (tertiary/aromatic N) is 1. The van der Waals surface area contributed by atoms with Crippen molar-refractivity contribution in [3.8, 4) is 11.5 Å². The standard InChI is InChI=1S/C21H26N2O3S/c1-13(18-8-14-3-4-15(18)7-14)23-21(24)16-5-6-19(20(9-16)25-2)26-10-17-11-27-12-22-17/h5-6,9,11-15,18H,3-4,7-8,10H2,1-2H3,(H,23,24). The quantitative estimate of drug-likeness (QED) is 0.771. The van der Waals surface area contributed by atoms with Gasteiger partial charge >= 0.3 is 0 Å². The summed E-state index contributed by atoms with van der Waals surface area (Å²) in [6, 6.07) is 5.54. The number of fused-ring (bicyclic) bond motifs is 2. The van der Waals surface area contributed by atoms with Gasteiger partial charge in [0.2, 0.25) is 0 Å². The van der Waals surface area contributed by atoms with Crippen LogP contribution in [0.2, 0.25) is 0 Å². The Morgan fingerprint density at radius 2 is 2.22 bits per heavy atom. The van der Waals surface area contributed by atoms with Gasteiger partial charge in [-0.2, -0.15) is 0 Å². The minimum absolute atomic E-state index is 0.0466. The number of ether oxygens (including phenoxy) is 2. The monoisotopic (exact) mass is 386 g/mol. The summed E-state index contributed by atoms with van der Waals surface area (Å²) in [5, 5.41) is 5.15. The highest BCUT2D eigenvalue weighted by molar-refractivity contribution is 7.07. The molecule has 4 atom stereocenters. The molecule has 2 aliphatic rings. The van der Waals surface area contributed by atoms with Crippen LogP contribution in [0.1, 0.15) is 48.7 Å². The molecule has 5 nitrogen and oxygen atoms in total. The Hall–Kier alpha value is -2.08. The molecule has 2 fully saturated rings. The van der Waals surface area contributed by atoms with Crippen molar-refractivity contribution in [2.75, 3.05) is 7.11 Å². The van der Waals surface area contributed by atoms with Crippen LogP contribution in [0.5, 0.6) is 11.5 Å². The number of methoxy groups -OCH3 is 1. The van der Waals surface area contributed by atoms with Crippen molar-refractivity contribution in [1.29, 1.82) is 0 Å². The predicted molar refractivity (Wildman–Crippen MR) is 105 cm³/mol. The van der Waals surface area contributed by atoms with Gasteiger partial charge < -0.3 is 14.8 Å². The van der Waals surface area contributed by atoms with E-state index in [0.717, 1.165) is 17.5 Å². The lowest BCUT2D eigenvalue weighted by Gasteiger charge is -2.28. The van der Waals surface area contributed by atoms with Crippen molar-refractivity contribution in [2.24, 2.45) is 17.8 Å². The van der Waals surface area contributed by atoms with Gasteiger partial charge in [-0.05, 0) is 62.1 Å². The maximum atomic E-state index is 12.7. The first-order chi connectivity index (χ1) is 13.1. The Kier molecular flexibility index (Phi) is 5.34. The molecule has 0 spiro atoms. The lowest BCUT2D eigenvalue weighted by molar-refractivity contribution is 0.0915. The van der Waals surface area contributed by atoms with Crippen LogP contribution in [0.15, 0.2) is 29.1 Å². The number of carbonyl (C=O) groups excluding carboxylic acids is 1. The molecule has 0 saturated heterocycles. The van der Waals surface area contributed by atoms with Crippen LogP contribution in [0, 0.1) is 17.8 Å². The fourth-order valence-corrected chi connectivity index (χ4v) is 5.24. The van der Waals surface area contributed by atoms with Gasteiger partial charge in [-0.15, -0.1) is 11.3 Å². The van der Waals surface area contributed by atoms with Gasteiger partial charge in [0.25, 0.3) is 5.91 Å². The second-order valence-electron chi connectivity index (χ2n) is 7.73. The average Bonchev–Trinajstić information content (AvgIpc) is 3.44. The van der Waals surface area contributed by atoms with Crippen molar-refractivity contribution in [1.82, 2.24) is 10.3 Å². The van der Waals surface area contributed by atoms with E-state index < -0.39 is 0 Å². The third-order valence-corrected chi connectivity index (χ3v) is 6.71. The molecular formula is C21H26N2O3S. The Morgan fingerprint density at radius 3 is 2.89 bits per heavy atom. The van der Waals surface area contributed by atoms with Crippen molar-refractivity contribution in [3.05, 3.63) is 40.3 Å². The molecule has 27 heavy (non-hydrogen) atoms. The number of thiazole rings is 1. The van der Waals surface area contributed by atoms with E-state index in [1.165, 1.54) is 37.0 Å². The van der Waals surface area contributed by atoms with Crippen molar-refractivity contribution in [2.45, 2.75) is 45.3 Å². The van der Waals surface area contributed by atoms with Crippen LogP contribution >= 0.6 is 11.3 Å². The lowest BCUT2D eigenvalue weighted by atomic mass is 9.84. The highest BCUT2D eigenvalue weighted by atomic mass is 32.1. The predicted octanol–water partition coefficient (Wildman–Crippen LogP) is 4.29. The Bertz CT molecular complexity index is 793. The second-order valence-corrected chi connectivity index (χ2v) is 8.45. The van der Waals surface area contributed by atoms with Crippen LogP contribution in [0.4, 0.5) is 0 Å². The van der Waals surface area contributed by atoms with Crippen molar-refractivity contribution in [3.63, 3.8) is 0 Å². The van der Waals surface area contributed by atoms with Crippen molar-refractivity contribution >= 4 is 17.2 Å². The van der Waals surface area contributed by atoms with E-state index in [9.17, 15) is 4.79 Å². The summed E-state index contributed by atoms with van der Waals surface area (Å²) in [7, 11) is 1.59. The van der Waals surface area contributed by atoms with E-state index in [1.54, 1.807) is 30.8 Å². The lowest BCUT2D eigenvalue weighted by Crippen LogP contribution is -2.40. The summed E-state index contributed by atoms with van der Waals surface area (Å²) in [5.41, 5.74) is 3.26. The summed E-state index contributed by atoms with van der Waals surface area (Å²) in [4.78, 5) is 16.9. The molecule has 1 aromatic carbocycles. The molecule has 1 aromatic heterocycles. The third kappa shape index (κ3) is 3.95. The van der Waals surface area contributed by atoms with Gasteiger partial charge in [-0.25, -0.2) is 4.98 Å². The number of nitrogens with one attached hydrogen (secondary N) is 1.